The monoisotopic (exact) mass is 420 g/mol. The van der Waals surface area contributed by atoms with Gasteiger partial charge in [0, 0.05) is 10.9 Å². The molecule has 2 aromatic carbocycles. The van der Waals surface area contributed by atoms with Gasteiger partial charge < -0.3 is 14.5 Å². The van der Waals surface area contributed by atoms with Gasteiger partial charge in [-0.3, -0.25) is 14.5 Å². The quantitative estimate of drug-likeness (QED) is 0.626. The number of amides is 3. The SMILES string of the molecule is CC(C)(C)OC(=O)N[C@H](Cc1coc2ccccc12)CN1C(=O)c2ccccc2C1=O. The highest BCUT2D eigenvalue weighted by atomic mass is 16.6. The zero-order chi connectivity index (χ0) is 22.2. The number of benzene rings is 2. The molecule has 0 aliphatic carbocycles. The average molecular weight is 420 g/mol. The van der Waals surface area contributed by atoms with Crippen molar-refractivity contribution >= 4 is 28.9 Å². The number of hydrogen-bond donors (Lipinski definition) is 1. The standard InChI is InChI=1S/C24H24N2O5/c1-24(2,3)31-23(29)25-16(12-15-14-30-20-11-7-6-8-17(15)20)13-26-21(27)18-9-4-5-10-19(18)22(26)28/h4-11,14,16H,12-13H2,1-3H3,(H,25,29)/t16-/m1/s1. The van der Waals surface area contributed by atoms with Gasteiger partial charge in [0.05, 0.1) is 30.0 Å². The Balaban J connectivity index is 1.59. The van der Waals surface area contributed by atoms with Gasteiger partial charge in [0.2, 0.25) is 0 Å². The van der Waals surface area contributed by atoms with Gasteiger partial charge in [-0.05, 0) is 45.4 Å². The van der Waals surface area contributed by atoms with Gasteiger partial charge in [0.1, 0.15) is 11.2 Å². The summed E-state index contributed by atoms with van der Waals surface area (Å²) in [6.07, 6.45) is 1.39. The van der Waals surface area contributed by atoms with Gasteiger partial charge in [-0.25, -0.2) is 4.79 Å². The fourth-order valence-electron chi connectivity index (χ4n) is 3.72. The van der Waals surface area contributed by atoms with Crippen LogP contribution in [0, 0.1) is 0 Å². The van der Waals surface area contributed by atoms with Crippen LogP contribution in [0.4, 0.5) is 4.79 Å². The second-order valence-corrected chi connectivity index (χ2v) is 8.57. The van der Waals surface area contributed by atoms with Crippen molar-refractivity contribution in [3.8, 4) is 0 Å². The molecule has 1 N–H and O–H groups in total. The molecule has 7 nitrogen and oxygen atoms in total. The number of carbonyl (C=O) groups is 3. The molecule has 1 aromatic heterocycles. The van der Waals surface area contributed by atoms with Crippen LogP contribution in [0.25, 0.3) is 11.0 Å². The third-order valence-electron chi connectivity index (χ3n) is 5.03. The van der Waals surface area contributed by atoms with Crippen LogP contribution in [0.1, 0.15) is 47.1 Å². The number of imide groups is 1. The van der Waals surface area contributed by atoms with E-state index in [1.165, 1.54) is 4.90 Å². The number of fused-ring (bicyclic) bond motifs is 2. The molecular formula is C24H24N2O5. The first-order valence-corrected chi connectivity index (χ1v) is 10.1. The minimum Gasteiger partial charge on any atom is -0.464 e. The van der Waals surface area contributed by atoms with Crippen molar-refractivity contribution in [3.63, 3.8) is 0 Å². The summed E-state index contributed by atoms with van der Waals surface area (Å²) in [6.45, 7) is 5.34. The number of hydrogen-bond acceptors (Lipinski definition) is 5. The molecule has 160 valence electrons. The van der Waals surface area contributed by atoms with Crippen LogP contribution in [0.15, 0.2) is 59.2 Å². The maximum absolute atomic E-state index is 12.8. The number of carbonyl (C=O) groups excluding carboxylic acids is 3. The first-order valence-electron chi connectivity index (χ1n) is 10.1. The molecule has 2 heterocycles. The number of nitrogens with one attached hydrogen (secondary N) is 1. The van der Waals surface area contributed by atoms with E-state index < -0.39 is 17.7 Å². The van der Waals surface area contributed by atoms with Gasteiger partial charge in [0.15, 0.2) is 0 Å². The van der Waals surface area contributed by atoms with E-state index in [1.54, 1.807) is 51.3 Å². The smallest absolute Gasteiger partial charge is 0.407 e. The highest BCUT2D eigenvalue weighted by Gasteiger charge is 2.37. The summed E-state index contributed by atoms with van der Waals surface area (Å²) in [5.41, 5.74) is 1.67. The first kappa shape index (κ1) is 20.7. The summed E-state index contributed by atoms with van der Waals surface area (Å²) in [4.78, 5) is 39.3. The molecule has 1 aliphatic rings. The van der Waals surface area contributed by atoms with E-state index in [-0.39, 0.29) is 18.4 Å². The van der Waals surface area contributed by atoms with E-state index in [1.807, 2.05) is 24.3 Å². The van der Waals surface area contributed by atoms with Crippen LogP contribution >= 0.6 is 0 Å². The Morgan fingerprint density at radius 1 is 1.03 bits per heavy atom. The number of rotatable bonds is 5. The van der Waals surface area contributed by atoms with Crippen molar-refractivity contribution in [1.29, 1.82) is 0 Å². The molecular weight excluding hydrogens is 396 g/mol. The topological polar surface area (TPSA) is 88.8 Å². The summed E-state index contributed by atoms with van der Waals surface area (Å²) in [6, 6.07) is 13.7. The number of para-hydroxylation sites is 1. The van der Waals surface area contributed by atoms with Gasteiger partial charge in [-0.2, -0.15) is 0 Å². The highest BCUT2D eigenvalue weighted by molar-refractivity contribution is 6.21. The number of ether oxygens (including phenoxy) is 1. The zero-order valence-electron chi connectivity index (χ0n) is 17.7. The Bertz CT molecular complexity index is 1120. The molecule has 3 amide bonds. The van der Waals surface area contributed by atoms with E-state index in [0.29, 0.717) is 17.5 Å². The Labute approximate surface area is 180 Å². The summed E-state index contributed by atoms with van der Waals surface area (Å²) in [7, 11) is 0. The lowest BCUT2D eigenvalue weighted by Crippen LogP contribution is -2.48. The van der Waals surface area contributed by atoms with Crippen LogP contribution in [-0.4, -0.2) is 41.0 Å². The molecule has 0 fully saturated rings. The number of nitrogens with zero attached hydrogens (tertiary/aromatic N) is 1. The van der Waals surface area contributed by atoms with Gasteiger partial charge in [-0.1, -0.05) is 30.3 Å². The van der Waals surface area contributed by atoms with Crippen molar-refractivity contribution in [2.45, 2.75) is 38.8 Å². The lowest BCUT2D eigenvalue weighted by Gasteiger charge is -2.26. The van der Waals surface area contributed by atoms with Crippen molar-refractivity contribution in [2.24, 2.45) is 0 Å². The van der Waals surface area contributed by atoms with E-state index in [9.17, 15) is 14.4 Å². The molecule has 0 unspecified atom stereocenters. The summed E-state index contributed by atoms with van der Waals surface area (Å²) in [5.74, 6) is -0.734. The van der Waals surface area contributed by atoms with E-state index >= 15 is 0 Å². The van der Waals surface area contributed by atoms with Gasteiger partial charge in [0.25, 0.3) is 11.8 Å². The molecule has 0 radical (unpaired) electrons. The molecule has 1 atom stereocenters. The molecule has 4 rings (SSSR count). The second kappa shape index (κ2) is 7.91. The van der Waals surface area contributed by atoms with Crippen LogP contribution < -0.4 is 5.32 Å². The van der Waals surface area contributed by atoms with Gasteiger partial charge >= 0.3 is 6.09 Å². The maximum atomic E-state index is 12.8. The number of alkyl carbamates (subject to hydrolysis) is 1. The molecule has 7 heteroatoms. The van der Waals surface area contributed by atoms with Crippen LogP contribution in [0.5, 0.6) is 0 Å². The van der Waals surface area contributed by atoms with Crippen molar-refractivity contribution in [3.05, 3.63) is 71.5 Å². The minimum atomic E-state index is -0.674. The molecule has 0 saturated heterocycles. The largest absolute Gasteiger partial charge is 0.464 e. The average Bonchev–Trinajstić information content (AvgIpc) is 3.22. The van der Waals surface area contributed by atoms with Gasteiger partial charge in [-0.15, -0.1) is 0 Å². The van der Waals surface area contributed by atoms with Crippen molar-refractivity contribution in [2.75, 3.05) is 6.54 Å². The Hall–Kier alpha value is -3.61. The van der Waals surface area contributed by atoms with Crippen LogP contribution in [0.2, 0.25) is 0 Å². The lowest BCUT2D eigenvalue weighted by molar-refractivity contribution is 0.0468. The third-order valence-corrected chi connectivity index (χ3v) is 5.03. The third kappa shape index (κ3) is 4.30. The normalized spacial score (nSPS) is 14.6. The predicted molar refractivity (Wildman–Crippen MR) is 115 cm³/mol. The molecule has 0 spiro atoms. The van der Waals surface area contributed by atoms with Crippen LogP contribution in [-0.2, 0) is 11.2 Å². The Kier molecular flexibility index (Phi) is 5.27. The van der Waals surface area contributed by atoms with E-state index in [0.717, 1.165) is 16.5 Å². The second-order valence-electron chi connectivity index (χ2n) is 8.57. The predicted octanol–water partition coefficient (Wildman–Crippen LogP) is 4.16. The van der Waals surface area contributed by atoms with Crippen molar-refractivity contribution in [1.82, 2.24) is 10.2 Å². The summed E-state index contributed by atoms with van der Waals surface area (Å²) in [5, 5.41) is 3.74. The molecule has 0 saturated carbocycles. The van der Waals surface area contributed by atoms with E-state index in [2.05, 4.69) is 5.32 Å². The minimum absolute atomic E-state index is 0.0189. The lowest BCUT2D eigenvalue weighted by atomic mass is 10.0. The highest BCUT2D eigenvalue weighted by Crippen LogP contribution is 2.25. The Morgan fingerprint density at radius 3 is 2.29 bits per heavy atom. The zero-order valence-corrected chi connectivity index (χ0v) is 17.7. The van der Waals surface area contributed by atoms with Crippen molar-refractivity contribution < 1.29 is 23.5 Å². The molecule has 1 aliphatic heterocycles. The fourth-order valence-corrected chi connectivity index (χ4v) is 3.72. The van der Waals surface area contributed by atoms with Crippen LogP contribution in [0.3, 0.4) is 0 Å². The molecule has 31 heavy (non-hydrogen) atoms. The fraction of sp³-hybridized carbons (Fsp3) is 0.292. The molecule has 0 bridgehead atoms. The first-order chi connectivity index (χ1) is 14.7. The summed E-state index contributed by atoms with van der Waals surface area (Å²) >= 11 is 0. The summed E-state index contributed by atoms with van der Waals surface area (Å²) < 4.78 is 11.0. The Morgan fingerprint density at radius 2 is 1.65 bits per heavy atom. The maximum Gasteiger partial charge on any atom is 0.407 e. The number of furan rings is 1. The van der Waals surface area contributed by atoms with E-state index in [4.69, 9.17) is 9.15 Å². The molecule has 3 aromatic rings.